The predicted molar refractivity (Wildman–Crippen MR) is 77.7 cm³/mol. The van der Waals surface area contributed by atoms with Crippen molar-refractivity contribution in [1.82, 2.24) is 0 Å². The lowest BCUT2D eigenvalue weighted by Crippen LogP contribution is -2.15. The minimum absolute atomic E-state index is 0.0259. The number of nitro groups is 1. The summed E-state index contributed by atoms with van der Waals surface area (Å²) in [5, 5.41) is 21.0. The Morgan fingerprint density at radius 1 is 1.43 bits per heavy atom. The zero-order chi connectivity index (χ0) is 15.8. The quantitative estimate of drug-likeness (QED) is 0.262. The number of benzene rings is 1. The van der Waals surface area contributed by atoms with E-state index in [9.17, 15) is 20.0 Å². The van der Waals surface area contributed by atoms with Gasteiger partial charge in [-0.05, 0) is 12.5 Å². The molecule has 0 bridgehead atoms. The highest BCUT2D eigenvalue weighted by atomic mass is 16.6. The van der Waals surface area contributed by atoms with Gasteiger partial charge in [-0.3, -0.25) is 10.1 Å². The molecule has 0 saturated heterocycles. The van der Waals surface area contributed by atoms with Crippen LogP contribution in [0.15, 0.2) is 36.4 Å². The van der Waals surface area contributed by atoms with E-state index < -0.39 is 17.0 Å². The molecule has 0 fully saturated rings. The van der Waals surface area contributed by atoms with E-state index in [0.717, 1.165) is 19.3 Å². The van der Waals surface area contributed by atoms with Gasteiger partial charge in [0, 0.05) is 6.07 Å². The maximum atomic E-state index is 11.8. The first kappa shape index (κ1) is 16.8. The lowest BCUT2D eigenvalue weighted by Gasteiger charge is -2.13. The van der Waals surface area contributed by atoms with Crippen LogP contribution in [0, 0.1) is 10.1 Å². The standard InChI is InChI=1S/C15H19NO5/c1-3-4-7-10-21-15(18)11(2)14(17)12-8-5-6-9-13(12)16(19)20/h5-6,8-9,14,17H,2-4,7,10H2,1H3. The lowest BCUT2D eigenvalue weighted by molar-refractivity contribution is -0.386. The Kier molecular flexibility index (Phi) is 6.55. The molecule has 1 atom stereocenters. The van der Waals surface area contributed by atoms with Crippen molar-refractivity contribution in [3.63, 3.8) is 0 Å². The maximum Gasteiger partial charge on any atom is 0.336 e. The summed E-state index contributed by atoms with van der Waals surface area (Å²) < 4.78 is 4.98. The van der Waals surface area contributed by atoms with Crippen LogP contribution in [0.1, 0.15) is 37.9 Å². The molecule has 0 aliphatic heterocycles. The van der Waals surface area contributed by atoms with Gasteiger partial charge in [0.1, 0.15) is 6.10 Å². The number of carbonyl (C=O) groups excluding carboxylic acids is 1. The van der Waals surface area contributed by atoms with E-state index in [0.29, 0.717) is 0 Å². The van der Waals surface area contributed by atoms with Crippen LogP contribution in [0.2, 0.25) is 0 Å². The van der Waals surface area contributed by atoms with Gasteiger partial charge in [0.15, 0.2) is 0 Å². The number of carbonyl (C=O) groups is 1. The fourth-order valence-electron chi connectivity index (χ4n) is 1.79. The van der Waals surface area contributed by atoms with E-state index in [1.807, 2.05) is 6.92 Å². The number of nitrogens with zero attached hydrogens (tertiary/aromatic N) is 1. The van der Waals surface area contributed by atoms with Crippen molar-refractivity contribution in [2.24, 2.45) is 0 Å². The topological polar surface area (TPSA) is 89.7 Å². The van der Waals surface area contributed by atoms with E-state index in [1.54, 1.807) is 6.07 Å². The van der Waals surface area contributed by atoms with E-state index in [-0.39, 0.29) is 23.4 Å². The van der Waals surface area contributed by atoms with Crippen molar-refractivity contribution in [2.75, 3.05) is 6.61 Å². The number of hydrogen-bond acceptors (Lipinski definition) is 5. The molecule has 1 rings (SSSR count). The molecule has 114 valence electrons. The first-order valence-corrected chi connectivity index (χ1v) is 6.76. The van der Waals surface area contributed by atoms with Crippen LogP contribution in [-0.4, -0.2) is 22.6 Å². The molecule has 0 heterocycles. The van der Waals surface area contributed by atoms with Crippen LogP contribution in [0.5, 0.6) is 0 Å². The van der Waals surface area contributed by atoms with Crippen LogP contribution in [0.4, 0.5) is 5.69 Å². The minimum atomic E-state index is -1.45. The van der Waals surface area contributed by atoms with Gasteiger partial charge in [-0.2, -0.15) is 0 Å². The number of esters is 1. The maximum absolute atomic E-state index is 11.8. The molecular formula is C15H19NO5. The van der Waals surface area contributed by atoms with E-state index in [1.165, 1.54) is 18.2 Å². The number of unbranched alkanes of at least 4 members (excludes halogenated alkanes) is 2. The highest BCUT2D eigenvalue weighted by Crippen LogP contribution is 2.29. The zero-order valence-corrected chi connectivity index (χ0v) is 11.9. The Morgan fingerprint density at radius 2 is 2.10 bits per heavy atom. The number of aliphatic hydroxyl groups is 1. The van der Waals surface area contributed by atoms with E-state index in [2.05, 4.69) is 6.58 Å². The van der Waals surface area contributed by atoms with Crippen LogP contribution < -0.4 is 0 Å². The lowest BCUT2D eigenvalue weighted by atomic mass is 10.0. The molecule has 0 aliphatic carbocycles. The van der Waals surface area contributed by atoms with Gasteiger partial charge in [-0.25, -0.2) is 4.79 Å². The summed E-state index contributed by atoms with van der Waals surface area (Å²) in [4.78, 5) is 22.0. The summed E-state index contributed by atoms with van der Waals surface area (Å²) in [6.07, 6.45) is 1.21. The molecule has 0 radical (unpaired) electrons. The largest absolute Gasteiger partial charge is 0.462 e. The van der Waals surface area contributed by atoms with Gasteiger partial charge in [0.05, 0.1) is 22.7 Å². The number of para-hydroxylation sites is 1. The van der Waals surface area contributed by atoms with E-state index >= 15 is 0 Å². The van der Waals surface area contributed by atoms with Gasteiger partial charge in [0.2, 0.25) is 0 Å². The molecule has 6 heteroatoms. The molecule has 1 unspecified atom stereocenters. The molecule has 21 heavy (non-hydrogen) atoms. The smallest absolute Gasteiger partial charge is 0.336 e. The number of rotatable bonds is 8. The third kappa shape index (κ3) is 4.68. The van der Waals surface area contributed by atoms with Gasteiger partial charge in [0.25, 0.3) is 5.69 Å². The summed E-state index contributed by atoms with van der Waals surface area (Å²) in [7, 11) is 0. The summed E-state index contributed by atoms with van der Waals surface area (Å²) in [5.41, 5.74) is -0.441. The number of aliphatic hydroxyl groups excluding tert-OH is 1. The number of hydrogen-bond donors (Lipinski definition) is 1. The van der Waals surface area contributed by atoms with Crippen LogP contribution >= 0.6 is 0 Å². The van der Waals surface area contributed by atoms with Crippen molar-refractivity contribution in [1.29, 1.82) is 0 Å². The third-order valence-electron chi connectivity index (χ3n) is 3.00. The second-order valence-corrected chi connectivity index (χ2v) is 4.59. The first-order valence-electron chi connectivity index (χ1n) is 6.76. The highest BCUT2D eigenvalue weighted by Gasteiger charge is 2.26. The Bertz CT molecular complexity index is 527. The number of ether oxygens (including phenoxy) is 1. The van der Waals surface area contributed by atoms with Crippen LogP contribution in [0.25, 0.3) is 0 Å². The fourth-order valence-corrected chi connectivity index (χ4v) is 1.79. The molecule has 1 aromatic rings. The zero-order valence-electron chi connectivity index (χ0n) is 11.9. The fraction of sp³-hybridized carbons (Fsp3) is 0.400. The summed E-state index contributed by atoms with van der Waals surface area (Å²) >= 11 is 0. The Labute approximate surface area is 123 Å². The summed E-state index contributed by atoms with van der Waals surface area (Å²) in [6, 6.07) is 5.68. The van der Waals surface area contributed by atoms with Crippen molar-refractivity contribution < 1.29 is 19.6 Å². The van der Waals surface area contributed by atoms with Gasteiger partial charge in [-0.15, -0.1) is 0 Å². The average Bonchev–Trinajstić information content (AvgIpc) is 2.49. The van der Waals surface area contributed by atoms with Crippen molar-refractivity contribution in [3.05, 3.63) is 52.1 Å². The Hall–Kier alpha value is -2.21. The minimum Gasteiger partial charge on any atom is -0.462 e. The predicted octanol–water partition coefficient (Wildman–Crippen LogP) is 2.92. The summed E-state index contributed by atoms with van der Waals surface area (Å²) in [5.74, 6) is -0.739. The normalized spacial score (nSPS) is 11.7. The van der Waals surface area contributed by atoms with Crippen LogP contribution in [0.3, 0.4) is 0 Å². The number of nitro benzene ring substituents is 1. The molecule has 0 amide bonds. The monoisotopic (exact) mass is 293 g/mol. The molecule has 6 nitrogen and oxygen atoms in total. The highest BCUT2D eigenvalue weighted by molar-refractivity contribution is 5.89. The Morgan fingerprint density at radius 3 is 2.71 bits per heavy atom. The average molecular weight is 293 g/mol. The molecule has 0 aromatic heterocycles. The second-order valence-electron chi connectivity index (χ2n) is 4.59. The van der Waals surface area contributed by atoms with E-state index in [4.69, 9.17) is 4.74 Å². The van der Waals surface area contributed by atoms with Crippen molar-refractivity contribution >= 4 is 11.7 Å². The van der Waals surface area contributed by atoms with Gasteiger partial charge in [-0.1, -0.05) is 38.5 Å². The second kappa shape index (κ2) is 8.16. The SMILES string of the molecule is C=C(C(=O)OCCCCC)C(O)c1ccccc1[N+](=O)[O-]. The first-order chi connectivity index (χ1) is 9.99. The molecular weight excluding hydrogens is 274 g/mol. The molecule has 0 aliphatic rings. The molecule has 1 N–H and O–H groups in total. The molecule has 0 saturated carbocycles. The third-order valence-corrected chi connectivity index (χ3v) is 3.00. The van der Waals surface area contributed by atoms with Gasteiger partial charge < -0.3 is 9.84 Å². The van der Waals surface area contributed by atoms with Crippen molar-refractivity contribution in [2.45, 2.75) is 32.3 Å². The van der Waals surface area contributed by atoms with Crippen LogP contribution in [-0.2, 0) is 9.53 Å². The van der Waals surface area contributed by atoms with Crippen molar-refractivity contribution in [3.8, 4) is 0 Å². The van der Waals surface area contributed by atoms with Gasteiger partial charge >= 0.3 is 5.97 Å². The Balaban J connectivity index is 2.74. The molecule has 1 aromatic carbocycles. The molecule has 0 spiro atoms. The summed E-state index contributed by atoms with van der Waals surface area (Å²) in [6.45, 7) is 5.76.